The van der Waals surface area contributed by atoms with Gasteiger partial charge in [0.2, 0.25) is 5.91 Å². The Kier molecular flexibility index (Phi) is 7.85. The van der Waals surface area contributed by atoms with E-state index in [0.717, 1.165) is 43.7 Å². The van der Waals surface area contributed by atoms with E-state index in [1.165, 1.54) is 29.2 Å². The van der Waals surface area contributed by atoms with Crippen molar-refractivity contribution in [2.24, 2.45) is 5.92 Å². The van der Waals surface area contributed by atoms with Gasteiger partial charge in [-0.25, -0.2) is 4.98 Å². The summed E-state index contributed by atoms with van der Waals surface area (Å²) in [4.78, 5) is 24.3. The number of likely N-dealkylation sites (tertiary alicyclic amines) is 2. The van der Waals surface area contributed by atoms with Gasteiger partial charge in [-0.1, -0.05) is 12.1 Å². The standard InChI is InChI=1S/C29H33F3N4O2/c30-29(31,32)23-4-1-3-20(17-23)6-7-27(38)36-15-10-22(11-16-36)26(37)19-35-13-8-21(9-14-35)25-18-34-28-24(25)5-2-12-33-28/h1-7,12,17-18,21-22,26,37H,8-11,13-16,19H2,(H,33,34). The lowest BCUT2D eigenvalue weighted by Gasteiger charge is -2.37. The first-order chi connectivity index (χ1) is 18.3. The molecule has 0 spiro atoms. The van der Waals surface area contributed by atoms with E-state index in [0.29, 0.717) is 44.0 Å². The van der Waals surface area contributed by atoms with Crippen LogP contribution in [-0.4, -0.2) is 69.6 Å². The molecule has 2 saturated heterocycles. The highest BCUT2D eigenvalue weighted by molar-refractivity contribution is 5.91. The SMILES string of the molecule is O=C(C=Cc1cccc(C(F)(F)F)c1)N1CCC(C(O)CN2CCC(c3c[nH]c4ncccc34)CC2)CC1. The Morgan fingerprint density at radius 3 is 2.61 bits per heavy atom. The van der Waals surface area contributed by atoms with Gasteiger partial charge in [-0.05, 0) is 92.1 Å². The number of aliphatic hydroxyl groups excluding tert-OH is 1. The number of piperidine rings is 2. The number of carbonyl (C=O) groups excluding carboxylic acids is 1. The summed E-state index contributed by atoms with van der Waals surface area (Å²) in [6, 6.07) is 9.01. The Balaban J connectivity index is 1.07. The molecule has 1 aromatic carbocycles. The fraction of sp³-hybridized carbons (Fsp3) is 0.448. The van der Waals surface area contributed by atoms with Crippen molar-refractivity contribution in [1.29, 1.82) is 0 Å². The number of hydrogen-bond acceptors (Lipinski definition) is 4. The zero-order chi connectivity index (χ0) is 26.7. The van der Waals surface area contributed by atoms with E-state index in [2.05, 4.69) is 27.1 Å². The number of H-pyrrole nitrogens is 1. The van der Waals surface area contributed by atoms with Crippen LogP contribution < -0.4 is 0 Å². The number of aromatic amines is 1. The molecule has 1 amide bonds. The van der Waals surface area contributed by atoms with Gasteiger partial charge in [0, 0.05) is 43.5 Å². The van der Waals surface area contributed by atoms with E-state index >= 15 is 0 Å². The van der Waals surface area contributed by atoms with Gasteiger partial charge in [0.1, 0.15) is 5.65 Å². The van der Waals surface area contributed by atoms with Gasteiger partial charge in [0.25, 0.3) is 0 Å². The number of nitrogens with one attached hydrogen (secondary N) is 1. The molecule has 2 aliphatic heterocycles. The molecule has 3 aromatic rings. The highest BCUT2D eigenvalue weighted by Gasteiger charge is 2.31. The number of rotatable bonds is 6. The highest BCUT2D eigenvalue weighted by Crippen LogP contribution is 2.33. The van der Waals surface area contributed by atoms with Crippen LogP contribution >= 0.6 is 0 Å². The zero-order valence-electron chi connectivity index (χ0n) is 21.2. The number of aliphatic hydroxyl groups is 1. The number of amides is 1. The number of halogens is 3. The summed E-state index contributed by atoms with van der Waals surface area (Å²) >= 11 is 0. The molecule has 2 fully saturated rings. The first kappa shape index (κ1) is 26.4. The maximum Gasteiger partial charge on any atom is 0.416 e. The van der Waals surface area contributed by atoms with Crippen LogP contribution in [0.5, 0.6) is 0 Å². The third-order valence-corrected chi connectivity index (χ3v) is 7.98. The molecule has 0 bridgehead atoms. The predicted molar refractivity (Wildman–Crippen MR) is 140 cm³/mol. The Morgan fingerprint density at radius 1 is 1.11 bits per heavy atom. The Morgan fingerprint density at radius 2 is 1.87 bits per heavy atom. The predicted octanol–water partition coefficient (Wildman–Crippen LogP) is 5.07. The molecule has 38 heavy (non-hydrogen) atoms. The van der Waals surface area contributed by atoms with Crippen LogP contribution in [0, 0.1) is 5.92 Å². The molecule has 0 aliphatic carbocycles. The van der Waals surface area contributed by atoms with Gasteiger partial charge in [0.05, 0.1) is 11.7 Å². The number of pyridine rings is 1. The number of carbonyl (C=O) groups is 1. The van der Waals surface area contributed by atoms with Crippen LogP contribution in [0.1, 0.15) is 48.3 Å². The minimum atomic E-state index is -4.42. The van der Waals surface area contributed by atoms with E-state index in [1.54, 1.807) is 17.2 Å². The smallest absolute Gasteiger partial charge is 0.392 e. The third-order valence-electron chi connectivity index (χ3n) is 7.98. The van der Waals surface area contributed by atoms with Crippen molar-refractivity contribution >= 4 is 23.0 Å². The van der Waals surface area contributed by atoms with E-state index in [1.807, 2.05) is 6.07 Å². The maximum atomic E-state index is 12.9. The summed E-state index contributed by atoms with van der Waals surface area (Å²) in [5.41, 5.74) is 1.86. The number of alkyl halides is 3. The topological polar surface area (TPSA) is 72.5 Å². The normalized spacial score (nSPS) is 19.4. The van der Waals surface area contributed by atoms with Crippen molar-refractivity contribution in [3.8, 4) is 0 Å². The molecule has 202 valence electrons. The van der Waals surface area contributed by atoms with Gasteiger partial charge >= 0.3 is 6.18 Å². The Labute approximate surface area is 220 Å². The highest BCUT2D eigenvalue weighted by atomic mass is 19.4. The monoisotopic (exact) mass is 526 g/mol. The number of fused-ring (bicyclic) bond motifs is 1. The number of aromatic nitrogens is 2. The van der Waals surface area contributed by atoms with Crippen molar-refractivity contribution in [2.75, 3.05) is 32.7 Å². The van der Waals surface area contributed by atoms with E-state index in [4.69, 9.17) is 0 Å². The third kappa shape index (κ3) is 6.10. The maximum absolute atomic E-state index is 12.9. The summed E-state index contributed by atoms with van der Waals surface area (Å²) < 4.78 is 38.7. The van der Waals surface area contributed by atoms with Crippen molar-refractivity contribution in [3.63, 3.8) is 0 Å². The molecule has 2 aliphatic rings. The van der Waals surface area contributed by atoms with Crippen molar-refractivity contribution < 1.29 is 23.1 Å². The molecule has 5 rings (SSSR count). The van der Waals surface area contributed by atoms with Crippen LogP contribution in [0.2, 0.25) is 0 Å². The quantitative estimate of drug-likeness (QED) is 0.440. The van der Waals surface area contributed by atoms with Gasteiger partial charge < -0.3 is 19.9 Å². The molecule has 6 nitrogen and oxygen atoms in total. The second kappa shape index (κ2) is 11.3. The lowest BCUT2D eigenvalue weighted by molar-refractivity contribution is -0.137. The number of nitrogens with zero attached hydrogens (tertiary/aromatic N) is 3. The lowest BCUT2D eigenvalue weighted by Crippen LogP contribution is -2.45. The van der Waals surface area contributed by atoms with Gasteiger partial charge in [0.15, 0.2) is 0 Å². The first-order valence-corrected chi connectivity index (χ1v) is 13.2. The van der Waals surface area contributed by atoms with Crippen LogP contribution in [-0.2, 0) is 11.0 Å². The Bertz CT molecular complexity index is 1270. The second-order valence-corrected chi connectivity index (χ2v) is 10.4. The van der Waals surface area contributed by atoms with Gasteiger partial charge in [-0.2, -0.15) is 13.2 Å². The molecule has 1 unspecified atom stereocenters. The van der Waals surface area contributed by atoms with Gasteiger partial charge in [-0.15, -0.1) is 0 Å². The summed E-state index contributed by atoms with van der Waals surface area (Å²) in [6.45, 7) is 3.57. The lowest BCUT2D eigenvalue weighted by atomic mass is 9.88. The summed E-state index contributed by atoms with van der Waals surface area (Å²) in [5.74, 6) is 0.397. The molecule has 2 N–H and O–H groups in total. The largest absolute Gasteiger partial charge is 0.416 e. The molecular weight excluding hydrogens is 493 g/mol. The molecular formula is C29H33F3N4O2. The molecule has 2 aromatic heterocycles. The molecule has 1 atom stereocenters. The Hall–Kier alpha value is -3.17. The molecule has 0 radical (unpaired) electrons. The van der Waals surface area contributed by atoms with Gasteiger partial charge in [-0.3, -0.25) is 4.79 Å². The summed E-state index contributed by atoms with van der Waals surface area (Å²) in [7, 11) is 0. The zero-order valence-corrected chi connectivity index (χ0v) is 21.2. The van der Waals surface area contributed by atoms with Crippen LogP contribution in [0.3, 0.4) is 0 Å². The molecule has 9 heteroatoms. The van der Waals surface area contributed by atoms with E-state index < -0.39 is 17.8 Å². The summed E-state index contributed by atoms with van der Waals surface area (Å²) in [6.07, 6.45) is 5.28. The molecule has 4 heterocycles. The minimum absolute atomic E-state index is 0.129. The number of benzene rings is 1. The fourth-order valence-electron chi connectivity index (χ4n) is 5.75. The van der Waals surface area contributed by atoms with Crippen molar-refractivity contribution in [3.05, 3.63) is 71.6 Å². The van der Waals surface area contributed by atoms with Crippen LogP contribution in [0.15, 0.2) is 54.9 Å². The van der Waals surface area contributed by atoms with Crippen LogP contribution in [0.4, 0.5) is 13.2 Å². The average Bonchev–Trinajstić information content (AvgIpc) is 3.36. The number of β-amino-alcohol motifs (C(OH)–C–C–N with tert-alkyl or cyclic N) is 1. The second-order valence-electron chi connectivity index (χ2n) is 10.4. The summed E-state index contributed by atoms with van der Waals surface area (Å²) in [5, 5.41) is 12.1. The van der Waals surface area contributed by atoms with Crippen molar-refractivity contribution in [2.45, 2.75) is 43.9 Å². The first-order valence-electron chi connectivity index (χ1n) is 13.2. The van der Waals surface area contributed by atoms with E-state index in [-0.39, 0.29) is 11.8 Å². The van der Waals surface area contributed by atoms with Crippen LogP contribution in [0.25, 0.3) is 17.1 Å². The van der Waals surface area contributed by atoms with Crippen molar-refractivity contribution in [1.82, 2.24) is 19.8 Å². The fourth-order valence-corrected chi connectivity index (χ4v) is 5.75. The van der Waals surface area contributed by atoms with E-state index in [9.17, 15) is 23.1 Å². The average molecular weight is 527 g/mol. The molecule has 0 saturated carbocycles. The number of hydrogen-bond donors (Lipinski definition) is 2. The minimum Gasteiger partial charge on any atom is -0.392 e.